The highest BCUT2D eigenvalue weighted by Gasteiger charge is 2.34. The molecule has 192 valence electrons. The fourth-order valence-electron chi connectivity index (χ4n) is 4.42. The smallest absolute Gasteiger partial charge is 0.267 e. The van der Waals surface area contributed by atoms with Gasteiger partial charge in [-0.3, -0.25) is 9.59 Å². The summed E-state index contributed by atoms with van der Waals surface area (Å²) in [4.78, 5) is 30.1. The van der Waals surface area contributed by atoms with Crippen molar-refractivity contribution in [2.24, 2.45) is 4.99 Å². The zero-order chi connectivity index (χ0) is 27.0. The summed E-state index contributed by atoms with van der Waals surface area (Å²) in [6.07, 6.45) is 2.79. The van der Waals surface area contributed by atoms with Gasteiger partial charge in [0.15, 0.2) is 0 Å². The van der Waals surface area contributed by atoms with Crippen LogP contribution in [-0.2, 0) is 4.79 Å². The van der Waals surface area contributed by atoms with E-state index in [9.17, 15) is 22.8 Å². The summed E-state index contributed by atoms with van der Waals surface area (Å²) in [5.41, 5.74) is 1.50. The number of likely N-dealkylation sites (tertiary alicyclic amines) is 1. The summed E-state index contributed by atoms with van der Waals surface area (Å²) in [6, 6.07) is 4.46. The maximum atomic E-state index is 14.6. The van der Waals surface area contributed by atoms with Crippen LogP contribution in [0.4, 0.5) is 13.2 Å². The number of hydrogen-bond acceptors (Lipinski definition) is 4. The molecular formula is C26H21Cl2F3N4O2. The average molecular weight is 549 g/mol. The lowest BCUT2D eigenvalue weighted by atomic mass is 9.90. The Kier molecular flexibility index (Phi) is 7.57. The minimum atomic E-state index is -1.04. The van der Waals surface area contributed by atoms with Gasteiger partial charge >= 0.3 is 0 Å². The number of piperidine rings is 1. The quantitative estimate of drug-likeness (QED) is 0.512. The van der Waals surface area contributed by atoms with Crippen molar-refractivity contribution in [3.8, 4) is 0 Å². The standard InChI is InChI=1S/C26H21Cl2F3N4O2/c1-12-23(32)18(24(33-2)13-5-15(29)8-16(30)6-13)3-4-35(12)26(37)20-10-17(31)9-19(22(20)28)14-7-21(27)25(36)34-11-14/h5-12,21,32-33H,3-4H2,1-2H3/b24-18-,32-23?/t12-,21?/m0/s1. The highest BCUT2D eigenvalue weighted by molar-refractivity contribution is 6.39. The second kappa shape index (κ2) is 10.5. The summed E-state index contributed by atoms with van der Waals surface area (Å²) in [5, 5.41) is 10.5. The Bertz CT molecular complexity index is 1400. The molecule has 6 nitrogen and oxygen atoms in total. The largest absolute Gasteiger partial charge is 0.387 e. The van der Waals surface area contributed by atoms with Gasteiger partial charge in [0.05, 0.1) is 22.3 Å². The highest BCUT2D eigenvalue weighted by Crippen LogP contribution is 2.33. The zero-order valence-corrected chi connectivity index (χ0v) is 21.2. The fourth-order valence-corrected chi connectivity index (χ4v) is 4.91. The van der Waals surface area contributed by atoms with Gasteiger partial charge in [0.2, 0.25) is 0 Å². The molecule has 0 aliphatic carbocycles. The first-order chi connectivity index (χ1) is 17.5. The van der Waals surface area contributed by atoms with Crippen molar-refractivity contribution in [1.82, 2.24) is 10.2 Å². The molecule has 11 heteroatoms. The molecule has 2 aliphatic heterocycles. The molecule has 0 spiro atoms. The van der Waals surface area contributed by atoms with E-state index in [-0.39, 0.29) is 40.4 Å². The number of carbonyl (C=O) groups is 2. The molecule has 4 rings (SSSR count). The van der Waals surface area contributed by atoms with Gasteiger partial charge in [0.1, 0.15) is 22.8 Å². The Morgan fingerprint density at radius 3 is 2.41 bits per heavy atom. The number of hydrogen-bond donors (Lipinski definition) is 2. The molecule has 2 amide bonds. The van der Waals surface area contributed by atoms with E-state index in [1.165, 1.54) is 17.2 Å². The first kappa shape index (κ1) is 26.6. The molecular weight excluding hydrogens is 528 g/mol. The van der Waals surface area contributed by atoms with Gasteiger partial charge in [0, 0.05) is 48.3 Å². The first-order valence-corrected chi connectivity index (χ1v) is 12.0. The molecule has 2 atom stereocenters. The van der Waals surface area contributed by atoms with Crippen LogP contribution in [0, 0.1) is 22.9 Å². The number of carbonyl (C=O) groups excluding carboxylic acids is 2. The van der Waals surface area contributed by atoms with Gasteiger partial charge in [-0.2, -0.15) is 0 Å². The summed E-state index contributed by atoms with van der Waals surface area (Å²) in [6.45, 7) is 1.78. The molecule has 37 heavy (non-hydrogen) atoms. The Morgan fingerprint density at radius 1 is 1.14 bits per heavy atom. The third-order valence-electron chi connectivity index (χ3n) is 6.25. The van der Waals surface area contributed by atoms with Gasteiger partial charge in [-0.05, 0) is 49.3 Å². The van der Waals surface area contributed by atoms with E-state index < -0.39 is 40.7 Å². The summed E-state index contributed by atoms with van der Waals surface area (Å²) in [5.74, 6) is -3.41. The van der Waals surface area contributed by atoms with Gasteiger partial charge < -0.3 is 15.6 Å². The average Bonchev–Trinajstić information content (AvgIpc) is 2.84. The van der Waals surface area contributed by atoms with E-state index >= 15 is 0 Å². The van der Waals surface area contributed by atoms with Crippen molar-refractivity contribution < 1.29 is 22.8 Å². The monoisotopic (exact) mass is 548 g/mol. The van der Waals surface area contributed by atoms with Crippen LogP contribution in [0.15, 0.2) is 47.0 Å². The van der Waals surface area contributed by atoms with Crippen LogP contribution in [-0.4, -0.2) is 53.7 Å². The van der Waals surface area contributed by atoms with E-state index in [0.29, 0.717) is 16.8 Å². The van der Waals surface area contributed by atoms with Gasteiger partial charge in [-0.15, -0.1) is 11.6 Å². The maximum Gasteiger partial charge on any atom is 0.267 e. The summed E-state index contributed by atoms with van der Waals surface area (Å²) in [7, 11) is 1.58. The number of alkyl halides is 1. The first-order valence-electron chi connectivity index (χ1n) is 11.2. The van der Waals surface area contributed by atoms with Gasteiger partial charge in [0.25, 0.3) is 11.8 Å². The molecule has 2 heterocycles. The van der Waals surface area contributed by atoms with E-state index in [4.69, 9.17) is 28.6 Å². The van der Waals surface area contributed by atoms with Crippen LogP contribution in [0.1, 0.15) is 34.8 Å². The molecule has 1 unspecified atom stereocenters. The maximum absolute atomic E-state index is 14.6. The molecule has 2 aromatic carbocycles. The van der Waals surface area contributed by atoms with Crippen LogP contribution in [0.3, 0.4) is 0 Å². The SMILES string of the molecule is CN/C(=C1/CCN(C(=O)c2cc(F)cc(C3=CC(Cl)C(=O)N=C3)c2Cl)[C@@H](C)C1=N)c1cc(F)cc(F)c1. The Balaban J connectivity index is 1.67. The number of dihydropyridines is 1. The molecule has 0 aromatic heterocycles. The normalized spacial score (nSPS) is 21.2. The predicted molar refractivity (Wildman–Crippen MR) is 138 cm³/mol. The topological polar surface area (TPSA) is 85.6 Å². The lowest BCUT2D eigenvalue weighted by Gasteiger charge is -2.36. The number of halogens is 5. The number of allylic oxidation sites excluding steroid dienone is 1. The van der Waals surface area contributed by atoms with E-state index in [0.717, 1.165) is 30.3 Å². The molecule has 0 saturated carbocycles. The second-order valence-corrected chi connectivity index (χ2v) is 9.38. The van der Waals surface area contributed by atoms with Crippen LogP contribution >= 0.6 is 23.2 Å². The highest BCUT2D eigenvalue weighted by atomic mass is 35.5. The van der Waals surface area contributed by atoms with Crippen LogP contribution in [0.2, 0.25) is 5.02 Å². The number of nitrogens with zero attached hydrogens (tertiary/aromatic N) is 2. The van der Waals surface area contributed by atoms with Crippen molar-refractivity contribution in [3.63, 3.8) is 0 Å². The third kappa shape index (κ3) is 5.19. The molecule has 2 aliphatic rings. The zero-order valence-electron chi connectivity index (χ0n) is 19.7. The number of rotatable bonds is 4. The number of benzene rings is 2. The van der Waals surface area contributed by atoms with Crippen molar-refractivity contribution in [1.29, 1.82) is 5.41 Å². The van der Waals surface area contributed by atoms with Gasteiger partial charge in [-0.25, -0.2) is 18.2 Å². The number of amides is 2. The molecule has 1 fully saturated rings. The lowest BCUT2D eigenvalue weighted by molar-refractivity contribution is -0.116. The number of aliphatic imine (C=N–C) groups is 1. The van der Waals surface area contributed by atoms with Crippen LogP contribution in [0.5, 0.6) is 0 Å². The minimum Gasteiger partial charge on any atom is -0.387 e. The van der Waals surface area contributed by atoms with Crippen molar-refractivity contribution >= 4 is 58.2 Å². The fraction of sp³-hybridized carbons (Fsp3) is 0.231. The Hall–Kier alpha value is -3.43. The van der Waals surface area contributed by atoms with E-state index in [1.807, 2.05) is 0 Å². The predicted octanol–water partition coefficient (Wildman–Crippen LogP) is 5.24. The number of nitrogens with one attached hydrogen (secondary N) is 2. The van der Waals surface area contributed by atoms with Crippen LogP contribution in [0.25, 0.3) is 11.3 Å². The summed E-state index contributed by atoms with van der Waals surface area (Å²) < 4.78 is 42.2. The van der Waals surface area contributed by atoms with Gasteiger partial charge in [-0.1, -0.05) is 11.6 Å². The summed E-state index contributed by atoms with van der Waals surface area (Å²) >= 11 is 12.5. The molecule has 0 bridgehead atoms. The molecule has 1 saturated heterocycles. The van der Waals surface area contributed by atoms with E-state index in [1.54, 1.807) is 14.0 Å². The Labute approximate surface area is 221 Å². The second-order valence-electron chi connectivity index (χ2n) is 8.53. The van der Waals surface area contributed by atoms with Crippen molar-refractivity contribution in [2.45, 2.75) is 24.8 Å². The minimum absolute atomic E-state index is 0.0477. The van der Waals surface area contributed by atoms with Crippen LogP contribution < -0.4 is 5.32 Å². The van der Waals surface area contributed by atoms with Crippen molar-refractivity contribution in [2.75, 3.05) is 13.6 Å². The Morgan fingerprint density at radius 2 is 1.78 bits per heavy atom. The third-order valence-corrected chi connectivity index (χ3v) is 6.97. The molecule has 2 aromatic rings. The lowest BCUT2D eigenvalue weighted by Crippen LogP contribution is -2.48. The molecule has 0 radical (unpaired) electrons. The van der Waals surface area contributed by atoms with Crippen molar-refractivity contribution in [3.05, 3.63) is 81.1 Å². The molecule has 2 N–H and O–H groups in total. The van der Waals surface area contributed by atoms with E-state index in [2.05, 4.69) is 10.3 Å².